The number of nitro groups is 1. The molecule has 3 N–H and O–H groups in total. The predicted molar refractivity (Wildman–Crippen MR) is 87.1 cm³/mol. The lowest BCUT2D eigenvalue weighted by Crippen LogP contribution is -2.41. The Morgan fingerprint density at radius 2 is 1.88 bits per heavy atom. The number of hydrogen-bond donors (Lipinski definition) is 3. The van der Waals surface area contributed by atoms with Gasteiger partial charge in [-0.25, -0.2) is 4.79 Å². The number of H-pyrrole nitrogens is 2. The molecule has 3 rings (SSSR count). The van der Waals surface area contributed by atoms with Gasteiger partial charge >= 0.3 is 17.1 Å². The monoisotopic (exact) mass is 356 g/mol. The lowest BCUT2D eigenvalue weighted by Gasteiger charge is -2.27. The van der Waals surface area contributed by atoms with Crippen LogP contribution in [-0.2, 0) is 4.79 Å². The van der Waals surface area contributed by atoms with Crippen LogP contribution in [0, 0.1) is 10.1 Å². The molecule has 24 heavy (non-hydrogen) atoms. The van der Waals surface area contributed by atoms with E-state index >= 15 is 0 Å². The first kappa shape index (κ1) is 17.5. The second kappa shape index (κ2) is 5.64. The summed E-state index contributed by atoms with van der Waals surface area (Å²) >= 11 is 0. The van der Waals surface area contributed by atoms with E-state index in [9.17, 15) is 29.6 Å². The maximum atomic E-state index is 11.6. The summed E-state index contributed by atoms with van der Waals surface area (Å²) in [5.74, 6) is -1.05. The molecule has 1 heterocycles. The van der Waals surface area contributed by atoms with Crippen LogP contribution in [0.2, 0.25) is 0 Å². The van der Waals surface area contributed by atoms with E-state index in [-0.39, 0.29) is 34.8 Å². The summed E-state index contributed by atoms with van der Waals surface area (Å²) in [5, 5.41) is 20.5. The second-order valence-electron chi connectivity index (χ2n) is 5.45. The van der Waals surface area contributed by atoms with Crippen LogP contribution in [0.4, 0.5) is 11.4 Å². The highest BCUT2D eigenvalue weighted by atomic mass is 35.5. The molecule has 1 saturated carbocycles. The molecule has 1 fully saturated rings. The smallest absolute Gasteiger partial charge is 0.329 e. The lowest BCUT2D eigenvalue weighted by molar-refractivity contribution is -0.384. The molecule has 10 nitrogen and oxygen atoms in total. The average molecular weight is 357 g/mol. The molecule has 128 valence electrons. The average Bonchev–Trinajstić information content (AvgIpc) is 3.28. The normalized spacial score (nSPS) is 14.7. The van der Waals surface area contributed by atoms with Crippen LogP contribution in [0.25, 0.3) is 11.0 Å². The zero-order valence-electron chi connectivity index (χ0n) is 12.4. The summed E-state index contributed by atoms with van der Waals surface area (Å²) in [6, 6.07) is 2.30. The van der Waals surface area contributed by atoms with Crippen molar-refractivity contribution >= 4 is 40.8 Å². The Bertz CT molecular complexity index is 961. The summed E-state index contributed by atoms with van der Waals surface area (Å²) in [5.41, 5.74) is -2.95. The minimum atomic E-state index is -1.16. The zero-order valence-corrected chi connectivity index (χ0v) is 13.2. The van der Waals surface area contributed by atoms with Gasteiger partial charge in [-0.2, -0.15) is 0 Å². The fraction of sp³-hybridized carbons (Fsp3) is 0.308. The highest BCUT2D eigenvalue weighted by molar-refractivity contribution is 5.95. The van der Waals surface area contributed by atoms with Gasteiger partial charge in [0.05, 0.1) is 21.6 Å². The Balaban J connectivity index is 0.00000208. The zero-order chi connectivity index (χ0) is 16.9. The third-order valence-electron chi connectivity index (χ3n) is 4.13. The van der Waals surface area contributed by atoms with Gasteiger partial charge in [-0.15, -0.1) is 12.4 Å². The number of likely N-dealkylation sites (N-methyl/N-ethyl adjacent to an activating group) is 1. The number of carboxylic acids is 1. The van der Waals surface area contributed by atoms with Gasteiger partial charge in [0.15, 0.2) is 0 Å². The number of aromatic nitrogens is 2. The molecule has 0 aliphatic heterocycles. The predicted octanol–water partition coefficient (Wildman–Crippen LogP) is 0.600. The van der Waals surface area contributed by atoms with Crippen LogP contribution in [0.3, 0.4) is 0 Å². The van der Waals surface area contributed by atoms with Crippen molar-refractivity contribution in [1.82, 2.24) is 9.97 Å². The quantitative estimate of drug-likeness (QED) is 0.412. The summed E-state index contributed by atoms with van der Waals surface area (Å²) in [4.78, 5) is 50.9. The number of nitrogens with zero attached hydrogens (tertiary/aromatic N) is 2. The van der Waals surface area contributed by atoms with Gasteiger partial charge in [-0.3, -0.25) is 19.7 Å². The lowest BCUT2D eigenvalue weighted by atomic mass is 10.1. The molecule has 1 aromatic heterocycles. The number of fused-ring (bicyclic) bond motifs is 1. The minimum absolute atomic E-state index is 0. The summed E-state index contributed by atoms with van der Waals surface area (Å²) in [6.07, 6.45) is 0.771. The Labute approximate surface area is 139 Å². The molecular formula is C13H13ClN4O6. The van der Waals surface area contributed by atoms with Crippen LogP contribution >= 0.6 is 12.4 Å². The second-order valence-corrected chi connectivity index (χ2v) is 5.45. The van der Waals surface area contributed by atoms with E-state index in [0.29, 0.717) is 12.8 Å². The molecule has 1 aromatic carbocycles. The number of carbonyl (C=O) groups is 1. The van der Waals surface area contributed by atoms with Crippen LogP contribution in [0.5, 0.6) is 0 Å². The number of nitrogens with one attached hydrogen (secondary N) is 2. The van der Waals surface area contributed by atoms with E-state index in [1.165, 1.54) is 18.0 Å². The Kier molecular flexibility index (Phi) is 4.10. The highest BCUT2D eigenvalue weighted by Gasteiger charge is 2.54. The van der Waals surface area contributed by atoms with Gasteiger partial charge in [-0.1, -0.05) is 0 Å². The number of aromatic amines is 2. The molecule has 1 aliphatic rings. The fourth-order valence-corrected chi connectivity index (χ4v) is 2.60. The van der Waals surface area contributed by atoms with Crippen LogP contribution in [-0.4, -0.2) is 38.6 Å². The minimum Gasteiger partial charge on any atom is -0.479 e. The van der Waals surface area contributed by atoms with Crippen molar-refractivity contribution in [3.05, 3.63) is 43.0 Å². The van der Waals surface area contributed by atoms with E-state index < -0.39 is 27.6 Å². The number of halogens is 1. The van der Waals surface area contributed by atoms with Crippen molar-refractivity contribution in [2.24, 2.45) is 0 Å². The van der Waals surface area contributed by atoms with Crippen molar-refractivity contribution in [2.75, 3.05) is 11.9 Å². The van der Waals surface area contributed by atoms with Gasteiger partial charge in [-0.05, 0) is 12.8 Å². The fourth-order valence-electron chi connectivity index (χ4n) is 2.60. The Hall–Kier alpha value is -2.88. The molecule has 0 unspecified atom stereocenters. The maximum Gasteiger partial charge on any atom is 0.329 e. The van der Waals surface area contributed by atoms with Crippen molar-refractivity contribution < 1.29 is 14.8 Å². The maximum absolute atomic E-state index is 11.6. The van der Waals surface area contributed by atoms with Crippen molar-refractivity contribution in [3.8, 4) is 0 Å². The van der Waals surface area contributed by atoms with Gasteiger partial charge in [0.1, 0.15) is 5.54 Å². The SMILES string of the molecule is CN(c1cc([N+](=O)[O-])cc2[nH]c(=O)c(=O)[nH]c12)C1(C(=O)O)CC1.Cl. The molecule has 0 amide bonds. The number of nitro benzene ring substituents is 1. The number of rotatable bonds is 4. The van der Waals surface area contributed by atoms with Crippen molar-refractivity contribution in [1.29, 1.82) is 0 Å². The number of benzene rings is 1. The number of aliphatic carboxylic acids is 1. The summed E-state index contributed by atoms with van der Waals surface area (Å²) in [7, 11) is 1.49. The number of carboxylic acid groups (broad SMARTS) is 1. The molecule has 0 atom stereocenters. The molecule has 1 aliphatic carbocycles. The molecule has 0 saturated heterocycles. The van der Waals surface area contributed by atoms with Crippen molar-refractivity contribution in [3.63, 3.8) is 0 Å². The number of non-ortho nitro benzene ring substituents is 1. The molecule has 0 bridgehead atoms. The Morgan fingerprint density at radius 1 is 1.29 bits per heavy atom. The summed E-state index contributed by atoms with van der Waals surface area (Å²) < 4.78 is 0. The number of hydrogen-bond acceptors (Lipinski definition) is 6. The van der Waals surface area contributed by atoms with Crippen LogP contribution in [0.1, 0.15) is 12.8 Å². The van der Waals surface area contributed by atoms with E-state index in [4.69, 9.17) is 0 Å². The molecule has 11 heteroatoms. The molecule has 0 radical (unpaired) electrons. The standard InChI is InChI=1S/C13H12N4O6.ClH/c1-16(13(2-3-13)12(20)21)8-5-6(17(22)23)4-7-9(8)15-11(19)10(18)14-7;/h4-5H,2-3H2,1H3,(H,14,18)(H,15,19)(H,20,21);1H. The van der Waals surface area contributed by atoms with Gasteiger partial charge < -0.3 is 20.0 Å². The van der Waals surface area contributed by atoms with Crippen LogP contribution < -0.4 is 16.0 Å². The first-order chi connectivity index (χ1) is 10.8. The van der Waals surface area contributed by atoms with Crippen LogP contribution in [0.15, 0.2) is 21.7 Å². The first-order valence-electron chi connectivity index (χ1n) is 6.68. The van der Waals surface area contributed by atoms with Crippen molar-refractivity contribution in [2.45, 2.75) is 18.4 Å². The third-order valence-corrected chi connectivity index (χ3v) is 4.13. The van der Waals surface area contributed by atoms with Gasteiger partial charge in [0.25, 0.3) is 5.69 Å². The first-order valence-corrected chi connectivity index (χ1v) is 6.68. The van der Waals surface area contributed by atoms with Gasteiger partial charge in [0.2, 0.25) is 0 Å². The van der Waals surface area contributed by atoms with E-state index in [1.54, 1.807) is 0 Å². The van der Waals surface area contributed by atoms with E-state index in [0.717, 1.165) is 6.07 Å². The Morgan fingerprint density at radius 3 is 2.38 bits per heavy atom. The number of anilines is 1. The highest BCUT2D eigenvalue weighted by Crippen LogP contribution is 2.45. The summed E-state index contributed by atoms with van der Waals surface area (Å²) in [6.45, 7) is 0. The molecular weight excluding hydrogens is 344 g/mol. The van der Waals surface area contributed by atoms with Gasteiger partial charge in [0, 0.05) is 19.2 Å². The van der Waals surface area contributed by atoms with E-state index in [2.05, 4.69) is 9.97 Å². The van der Waals surface area contributed by atoms with E-state index in [1.807, 2.05) is 0 Å². The largest absolute Gasteiger partial charge is 0.479 e. The third kappa shape index (κ3) is 2.50. The topological polar surface area (TPSA) is 149 Å². The molecule has 2 aromatic rings. The molecule has 0 spiro atoms.